The Morgan fingerprint density at radius 1 is 1.08 bits per heavy atom. The lowest BCUT2D eigenvalue weighted by Gasteiger charge is -2.36. The van der Waals surface area contributed by atoms with Crippen molar-refractivity contribution in [1.82, 2.24) is 14.3 Å². The monoisotopic (exact) mass is 382 g/mol. The Kier molecular flexibility index (Phi) is 6.14. The van der Waals surface area contributed by atoms with E-state index in [9.17, 15) is 8.42 Å². The first kappa shape index (κ1) is 19.5. The molecule has 26 heavy (non-hydrogen) atoms. The standard InChI is InChI=1S/C18H30N4O3S/c1-14(2)25-12-13-26(23,24)22-10-8-21(9-11-22)18-16-6-4-5-7-17(16)19-15(3)20-18/h14H,4-13H2,1-3H3. The lowest BCUT2D eigenvalue weighted by Crippen LogP contribution is -2.50. The predicted octanol–water partition coefficient (Wildman–Crippen LogP) is 1.54. The van der Waals surface area contributed by atoms with E-state index in [0.29, 0.717) is 26.2 Å². The van der Waals surface area contributed by atoms with Crippen LogP contribution < -0.4 is 4.90 Å². The highest BCUT2D eigenvalue weighted by Gasteiger charge is 2.29. The first-order valence-electron chi connectivity index (χ1n) is 9.57. The summed E-state index contributed by atoms with van der Waals surface area (Å²) < 4.78 is 32.0. The van der Waals surface area contributed by atoms with Crippen LogP contribution in [0, 0.1) is 6.92 Å². The Balaban J connectivity index is 1.65. The van der Waals surface area contributed by atoms with Crippen molar-refractivity contribution >= 4 is 15.8 Å². The third kappa shape index (κ3) is 4.53. The van der Waals surface area contributed by atoms with Crippen LogP contribution in [0.1, 0.15) is 43.8 Å². The van der Waals surface area contributed by atoms with Crippen molar-refractivity contribution in [3.05, 3.63) is 17.1 Å². The minimum Gasteiger partial charge on any atom is -0.378 e. The SMILES string of the molecule is Cc1nc2c(c(N3CCN(S(=O)(=O)CCOC(C)C)CC3)n1)CCCC2. The van der Waals surface area contributed by atoms with Gasteiger partial charge in [0.25, 0.3) is 0 Å². The molecule has 1 aliphatic carbocycles. The van der Waals surface area contributed by atoms with Crippen LogP contribution in [0.25, 0.3) is 0 Å². The van der Waals surface area contributed by atoms with Gasteiger partial charge in [-0.3, -0.25) is 0 Å². The number of sulfonamides is 1. The summed E-state index contributed by atoms with van der Waals surface area (Å²) in [5.74, 6) is 1.88. The molecule has 2 aliphatic rings. The number of piperazine rings is 1. The summed E-state index contributed by atoms with van der Waals surface area (Å²) >= 11 is 0. The van der Waals surface area contributed by atoms with Crippen molar-refractivity contribution < 1.29 is 13.2 Å². The van der Waals surface area contributed by atoms with E-state index in [-0.39, 0.29) is 18.5 Å². The van der Waals surface area contributed by atoms with Gasteiger partial charge in [0.05, 0.1) is 18.5 Å². The molecule has 0 bridgehead atoms. The Bertz CT molecular complexity index is 728. The molecule has 0 unspecified atom stereocenters. The van der Waals surface area contributed by atoms with Crippen LogP contribution in [-0.4, -0.2) is 67.3 Å². The van der Waals surface area contributed by atoms with E-state index in [1.165, 1.54) is 24.1 Å². The fourth-order valence-electron chi connectivity index (χ4n) is 3.65. The van der Waals surface area contributed by atoms with Gasteiger partial charge in [-0.05, 0) is 46.5 Å². The summed E-state index contributed by atoms with van der Waals surface area (Å²) in [6.07, 6.45) is 4.46. The van der Waals surface area contributed by atoms with Crippen molar-refractivity contribution in [1.29, 1.82) is 0 Å². The average molecular weight is 383 g/mol. The third-order valence-corrected chi connectivity index (χ3v) is 6.83. The van der Waals surface area contributed by atoms with Gasteiger partial charge in [-0.15, -0.1) is 0 Å². The molecular formula is C18H30N4O3S. The Morgan fingerprint density at radius 2 is 1.77 bits per heavy atom. The molecule has 0 amide bonds. The second-order valence-corrected chi connectivity index (χ2v) is 9.44. The molecule has 3 rings (SSSR count). The number of ether oxygens (including phenoxy) is 1. The molecule has 1 aliphatic heterocycles. The maximum absolute atomic E-state index is 12.5. The van der Waals surface area contributed by atoms with E-state index in [2.05, 4.69) is 9.88 Å². The molecule has 1 aromatic heterocycles. The number of nitrogens with zero attached hydrogens (tertiary/aromatic N) is 4. The van der Waals surface area contributed by atoms with Crippen molar-refractivity contribution in [3.63, 3.8) is 0 Å². The minimum atomic E-state index is -3.26. The molecule has 7 nitrogen and oxygen atoms in total. The number of aryl methyl sites for hydroxylation is 2. The van der Waals surface area contributed by atoms with Crippen LogP contribution in [-0.2, 0) is 27.6 Å². The van der Waals surface area contributed by atoms with Crippen molar-refractivity contribution in [2.75, 3.05) is 43.4 Å². The van der Waals surface area contributed by atoms with Gasteiger partial charge >= 0.3 is 0 Å². The van der Waals surface area contributed by atoms with E-state index in [0.717, 1.165) is 24.5 Å². The quantitative estimate of drug-likeness (QED) is 0.743. The fourth-order valence-corrected chi connectivity index (χ4v) is 4.94. The predicted molar refractivity (Wildman–Crippen MR) is 102 cm³/mol. The van der Waals surface area contributed by atoms with Crippen LogP contribution in [0.3, 0.4) is 0 Å². The first-order valence-corrected chi connectivity index (χ1v) is 11.2. The van der Waals surface area contributed by atoms with Gasteiger partial charge in [-0.2, -0.15) is 4.31 Å². The van der Waals surface area contributed by atoms with Crippen molar-refractivity contribution in [3.8, 4) is 0 Å². The molecule has 8 heteroatoms. The minimum absolute atomic E-state index is 0.0488. The van der Waals surface area contributed by atoms with Gasteiger partial charge < -0.3 is 9.64 Å². The molecule has 1 aromatic rings. The molecule has 0 atom stereocenters. The van der Waals surface area contributed by atoms with Crippen LogP contribution >= 0.6 is 0 Å². The van der Waals surface area contributed by atoms with Crippen molar-refractivity contribution in [2.45, 2.75) is 52.6 Å². The summed E-state index contributed by atoms with van der Waals surface area (Å²) in [5, 5.41) is 0. The molecule has 1 saturated heterocycles. The number of hydrogen-bond donors (Lipinski definition) is 0. The van der Waals surface area contributed by atoms with Gasteiger partial charge in [-0.1, -0.05) is 0 Å². The van der Waals surface area contributed by atoms with E-state index >= 15 is 0 Å². The summed E-state index contributed by atoms with van der Waals surface area (Å²) in [6.45, 7) is 8.36. The summed E-state index contributed by atoms with van der Waals surface area (Å²) in [7, 11) is -3.26. The largest absolute Gasteiger partial charge is 0.378 e. The Hall–Kier alpha value is -1.25. The van der Waals surface area contributed by atoms with Crippen molar-refractivity contribution in [2.24, 2.45) is 0 Å². The van der Waals surface area contributed by atoms with Crippen LogP contribution in [0.15, 0.2) is 0 Å². The van der Waals surface area contributed by atoms with Crippen LogP contribution in [0.2, 0.25) is 0 Å². The average Bonchev–Trinajstić information content (AvgIpc) is 2.60. The highest BCUT2D eigenvalue weighted by molar-refractivity contribution is 7.89. The molecule has 0 aromatic carbocycles. The molecule has 0 N–H and O–H groups in total. The zero-order valence-corrected chi connectivity index (χ0v) is 16.9. The van der Waals surface area contributed by atoms with Gasteiger partial charge in [-0.25, -0.2) is 18.4 Å². The van der Waals surface area contributed by atoms with Gasteiger partial charge in [0, 0.05) is 37.4 Å². The number of fused-ring (bicyclic) bond motifs is 1. The van der Waals surface area contributed by atoms with Crippen LogP contribution in [0.5, 0.6) is 0 Å². The topological polar surface area (TPSA) is 75.6 Å². The summed E-state index contributed by atoms with van der Waals surface area (Å²) in [6, 6.07) is 0. The van der Waals surface area contributed by atoms with Gasteiger partial charge in [0.2, 0.25) is 10.0 Å². The van der Waals surface area contributed by atoms with Crippen LogP contribution in [0.4, 0.5) is 5.82 Å². The van der Waals surface area contributed by atoms with E-state index in [1.54, 1.807) is 4.31 Å². The second kappa shape index (κ2) is 8.19. The highest BCUT2D eigenvalue weighted by Crippen LogP contribution is 2.28. The number of anilines is 1. The molecule has 0 spiro atoms. The maximum Gasteiger partial charge on any atom is 0.216 e. The molecule has 146 valence electrons. The Morgan fingerprint density at radius 3 is 2.46 bits per heavy atom. The fraction of sp³-hybridized carbons (Fsp3) is 0.778. The lowest BCUT2D eigenvalue weighted by molar-refractivity contribution is 0.0906. The number of hydrogen-bond acceptors (Lipinski definition) is 6. The zero-order chi connectivity index (χ0) is 18.7. The summed E-state index contributed by atoms with van der Waals surface area (Å²) in [5.41, 5.74) is 2.45. The number of aromatic nitrogens is 2. The van der Waals surface area contributed by atoms with Gasteiger partial charge in [0.15, 0.2) is 0 Å². The highest BCUT2D eigenvalue weighted by atomic mass is 32.2. The second-order valence-electron chi connectivity index (χ2n) is 7.35. The number of rotatable bonds is 6. The molecule has 2 heterocycles. The first-order chi connectivity index (χ1) is 12.4. The maximum atomic E-state index is 12.5. The molecular weight excluding hydrogens is 352 g/mol. The Labute approximate surface area is 156 Å². The molecule has 0 saturated carbocycles. The molecule has 1 fully saturated rings. The van der Waals surface area contributed by atoms with E-state index in [1.807, 2.05) is 20.8 Å². The molecule has 0 radical (unpaired) electrons. The normalized spacial score (nSPS) is 19.0. The zero-order valence-electron chi connectivity index (χ0n) is 16.1. The summed E-state index contributed by atoms with van der Waals surface area (Å²) in [4.78, 5) is 11.5. The van der Waals surface area contributed by atoms with E-state index in [4.69, 9.17) is 9.72 Å². The van der Waals surface area contributed by atoms with Gasteiger partial charge in [0.1, 0.15) is 11.6 Å². The lowest BCUT2D eigenvalue weighted by atomic mass is 9.96. The third-order valence-electron chi connectivity index (χ3n) is 5.00. The van der Waals surface area contributed by atoms with E-state index < -0.39 is 10.0 Å². The smallest absolute Gasteiger partial charge is 0.216 e.